The molecule has 0 bridgehead atoms. The van der Waals surface area contributed by atoms with Crippen LogP contribution in [0.2, 0.25) is 0 Å². The van der Waals surface area contributed by atoms with Crippen LogP contribution in [0.4, 0.5) is 15.8 Å². The molecule has 1 fully saturated rings. The Hall–Kier alpha value is -4.26. The van der Waals surface area contributed by atoms with Crippen molar-refractivity contribution in [3.05, 3.63) is 95.3 Å². The number of para-hydroxylation sites is 1. The molecule has 1 spiro atoms. The maximum atomic E-state index is 14.3. The number of fused-ring (bicyclic) bond motifs is 6. The smallest absolute Gasteiger partial charge is 0.238 e. The van der Waals surface area contributed by atoms with Crippen LogP contribution in [0.25, 0.3) is 6.08 Å². The maximum absolute atomic E-state index is 14.3. The number of hydrogen-bond donors (Lipinski definition) is 1. The Labute approximate surface area is 207 Å². The Morgan fingerprint density at radius 2 is 1.81 bits per heavy atom. The van der Waals surface area contributed by atoms with E-state index < -0.39 is 29.2 Å². The van der Waals surface area contributed by atoms with Gasteiger partial charge in [0.2, 0.25) is 5.91 Å². The fourth-order valence-corrected chi connectivity index (χ4v) is 6.24. The second kappa shape index (κ2) is 7.88. The number of benzene rings is 3. The largest absolute Gasteiger partial charge is 0.497 e. The van der Waals surface area contributed by atoms with Gasteiger partial charge in [0.25, 0.3) is 0 Å². The van der Waals surface area contributed by atoms with E-state index in [1.165, 1.54) is 19.1 Å². The molecular weight excluding hydrogens is 459 g/mol. The Kier molecular flexibility index (Phi) is 4.86. The number of hydrogen-bond acceptors (Lipinski definition) is 5. The van der Waals surface area contributed by atoms with Gasteiger partial charge in [-0.15, -0.1) is 0 Å². The number of rotatable bonds is 4. The highest BCUT2D eigenvalue weighted by atomic mass is 19.1. The van der Waals surface area contributed by atoms with E-state index >= 15 is 0 Å². The highest BCUT2D eigenvalue weighted by molar-refractivity contribution is 6.16. The fourth-order valence-electron chi connectivity index (χ4n) is 6.24. The number of amides is 1. The van der Waals surface area contributed by atoms with E-state index in [2.05, 4.69) is 5.32 Å². The molecule has 4 atom stereocenters. The molecule has 1 saturated heterocycles. The topological polar surface area (TPSA) is 75.7 Å². The summed E-state index contributed by atoms with van der Waals surface area (Å²) < 4.78 is 19.3. The number of Topliss-reactive ketones (excluding diaryl/α,β-unsaturated/α-hetero) is 2. The number of ether oxygens (including phenoxy) is 1. The van der Waals surface area contributed by atoms with Crippen molar-refractivity contribution in [3.63, 3.8) is 0 Å². The average molecular weight is 483 g/mol. The van der Waals surface area contributed by atoms with Gasteiger partial charge in [0, 0.05) is 22.5 Å². The third-order valence-corrected chi connectivity index (χ3v) is 7.67. The molecule has 0 aromatic heterocycles. The second-order valence-corrected chi connectivity index (χ2v) is 9.41. The Bertz CT molecular complexity index is 1460. The van der Waals surface area contributed by atoms with Crippen molar-refractivity contribution in [2.24, 2.45) is 5.92 Å². The van der Waals surface area contributed by atoms with Gasteiger partial charge in [0.1, 0.15) is 17.0 Å². The summed E-state index contributed by atoms with van der Waals surface area (Å²) in [6.07, 6.45) is 3.59. The van der Waals surface area contributed by atoms with Gasteiger partial charge in [-0.05, 0) is 61.0 Å². The number of halogens is 1. The summed E-state index contributed by atoms with van der Waals surface area (Å²) in [6, 6.07) is 16.8. The quantitative estimate of drug-likeness (QED) is 0.558. The third kappa shape index (κ3) is 2.86. The molecule has 6 rings (SSSR count). The van der Waals surface area contributed by atoms with Gasteiger partial charge in [-0.25, -0.2) is 4.39 Å². The first kappa shape index (κ1) is 22.2. The molecule has 3 aliphatic rings. The Morgan fingerprint density at radius 1 is 1.06 bits per heavy atom. The monoisotopic (exact) mass is 482 g/mol. The molecule has 1 amide bonds. The third-order valence-electron chi connectivity index (χ3n) is 7.67. The van der Waals surface area contributed by atoms with E-state index in [0.717, 1.165) is 0 Å². The molecule has 36 heavy (non-hydrogen) atoms. The number of carbonyl (C=O) groups excluding carboxylic acids is 3. The van der Waals surface area contributed by atoms with Crippen molar-refractivity contribution in [1.82, 2.24) is 0 Å². The summed E-state index contributed by atoms with van der Waals surface area (Å²) in [6.45, 7) is 1.44. The molecule has 7 heteroatoms. The van der Waals surface area contributed by atoms with Crippen LogP contribution >= 0.6 is 0 Å². The van der Waals surface area contributed by atoms with Gasteiger partial charge < -0.3 is 15.0 Å². The lowest BCUT2D eigenvalue weighted by Crippen LogP contribution is -2.51. The Morgan fingerprint density at radius 3 is 2.53 bits per heavy atom. The van der Waals surface area contributed by atoms with Crippen LogP contribution in [0.3, 0.4) is 0 Å². The normalized spacial score (nSPS) is 25.2. The first-order valence-electron chi connectivity index (χ1n) is 11.7. The number of ketones is 2. The van der Waals surface area contributed by atoms with Crippen molar-refractivity contribution in [1.29, 1.82) is 0 Å². The molecule has 3 aromatic carbocycles. The van der Waals surface area contributed by atoms with Gasteiger partial charge in [-0.3, -0.25) is 14.4 Å². The van der Waals surface area contributed by atoms with Gasteiger partial charge >= 0.3 is 0 Å². The molecular formula is C29H23FN2O4. The van der Waals surface area contributed by atoms with Crippen LogP contribution in [-0.4, -0.2) is 36.7 Å². The van der Waals surface area contributed by atoms with Crippen molar-refractivity contribution in [2.75, 3.05) is 17.3 Å². The van der Waals surface area contributed by atoms with Crippen LogP contribution in [0.1, 0.15) is 28.4 Å². The summed E-state index contributed by atoms with van der Waals surface area (Å²) >= 11 is 0. The summed E-state index contributed by atoms with van der Waals surface area (Å²) in [7, 11) is 1.54. The van der Waals surface area contributed by atoms with Crippen LogP contribution < -0.4 is 15.0 Å². The molecule has 0 radical (unpaired) electrons. The standard InChI is InChI=1S/C29H23FN2O4/c1-16(33)26-25(27(34)17-7-11-20(36-2)12-8-17)29(21-5-3-4-6-22(21)31-28(29)35)24-14-9-18-15-19(30)10-13-23(18)32(24)26/h3-15,24-26H,1-2H3,(H,31,35)/t24-,25+,26+,29-/m1/s1. The minimum absolute atomic E-state index is 0.244. The molecule has 1 N–H and O–H groups in total. The van der Waals surface area contributed by atoms with E-state index in [9.17, 15) is 18.8 Å². The second-order valence-electron chi connectivity index (χ2n) is 9.41. The first-order chi connectivity index (χ1) is 17.4. The van der Waals surface area contributed by atoms with Crippen LogP contribution in [0.5, 0.6) is 5.75 Å². The zero-order valence-electron chi connectivity index (χ0n) is 19.7. The van der Waals surface area contributed by atoms with E-state index in [1.54, 1.807) is 49.6 Å². The lowest BCUT2D eigenvalue weighted by molar-refractivity contribution is -0.122. The predicted molar refractivity (Wildman–Crippen MR) is 134 cm³/mol. The number of anilines is 2. The summed E-state index contributed by atoms with van der Waals surface area (Å²) in [5, 5.41) is 2.97. The molecule has 0 saturated carbocycles. The highest BCUT2D eigenvalue weighted by Crippen LogP contribution is 2.57. The molecule has 180 valence electrons. The lowest BCUT2D eigenvalue weighted by Gasteiger charge is -2.37. The molecule has 3 aromatic rings. The molecule has 0 aliphatic carbocycles. The van der Waals surface area contributed by atoms with Crippen LogP contribution in [-0.2, 0) is 15.0 Å². The van der Waals surface area contributed by atoms with Gasteiger partial charge in [-0.1, -0.05) is 30.4 Å². The minimum atomic E-state index is -1.35. The lowest BCUT2D eigenvalue weighted by atomic mass is 9.64. The van der Waals surface area contributed by atoms with E-state index in [1.807, 2.05) is 29.2 Å². The predicted octanol–water partition coefficient (Wildman–Crippen LogP) is 4.40. The summed E-state index contributed by atoms with van der Waals surface area (Å²) in [5.41, 5.74) is 1.54. The van der Waals surface area contributed by atoms with Crippen molar-refractivity contribution < 1.29 is 23.5 Å². The van der Waals surface area contributed by atoms with E-state index in [4.69, 9.17) is 4.74 Å². The van der Waals surface area contributed by atoms with Gasteiger partial charge in [-0.2, -0.15) is 0 Å². The van der Waals surface area contributed by atoms with E-state index in [0.29, 0.717) is 33.8 Å². The van der Waals surface area contributed by atoms with Crippen LogP contribution in [0.15, 0.2) is 72.8 Å². The SMILES string of the molecule is COc1ccc(C(=O)[C@@H]2[C@H](C(C)=O)N3c4ccc(F)cc4C=C[C@@H]3[C@@]23C(=O)Nc2ccccc23)cc1. The van der Waals surface area contributed by atoms with E-state index in [-0.39, 0.29) is 17.5 Å². The maximum Gasteiger partial charge on any atom is 0.238 e. The molecule has 0 unspecified atom stereocenters. The summed E-state index contributed by atoms with van der Waals surface area (Å²) in [5.74, 6) is -1.71. The van der Waals surface area contributed by atoms with Gasteiger partial charge in [0.15, 0.2) is 11.6 Å². The number of methoxy groups -OCH3 is 1. The number of carbonyl (C=O) groups is 3. The minimum Gasteiger partial charge on any atom is -0.497 e. The van der Waals surface area contributed by atoms with Crippen molar-refractivity contribution >= 4 is 34.9 Å². The molecule has 3 aliphatic heterocycles. The zero-order valence-corrected chi connectivity index (χ0v) is 19.7. The summed E-state index contributed by atoms with van der Waals surface area (Å²) in [4.78, 5) is 43.5. The number of nitrogens with zero attached hydrogens (tertiary/aromatic N) is 1. The first-order valence-corrected chi connectivity index (χ1v) is 11.7. The highest BCUT2D eigenvalue weighted by Gasteiger charge is 2.69. The Balaban J connectivity index is 1.63. The van der Waals surface area contributed by atoms with Gasteiger partial charge in [0.05, 0.1) is 25.1 Å². The average Bonchev–Trinajstić information content (AvgIpc) is 3.36. The van der Waals surface area contributed by atoms with Crippen LogP contribution in [0, 0.1) is 11.7 Å². The molecule has 6 nitrogen and oxygen atoms in total. The van der Waals surface area contributed by atoms with Crippen molar-refractivity contribution in [3.8, 4) is 5.75 Å². The molecule has 3 heterocycles. The number of nitrogens with one attached hydrogen (secondary N) is 1. The van der Waals surface area contributed by atoms with Crippen molar-refractivity contribution in [2.45, 2.75) is 24.4 Å². The fraction of sp³-hybridized carbons (Fsp3) is 0.207. The zero-order chi connectivity index (χ0) is 25.2.